The SMILES string of the molecule is CCCCCc1ccc(-c2ccc(-c3ccc(-c4ccc(Br)s4)c4nsnc34)c(F)c2)cc1. The lowest BCUT2D eigenvalue weighted by atomic mass is 9.96. The van der Waals surface area contributed by atoms with Crippen LogP contribution >= 0.6 is 39.0 Å². The van der Waals surface area contributed by atoms with Crippen LogP contribution in [0.25, 0.3) is 43.7 Å². The third-order valence-corrected chi connectivity index (χ3v) is 8.06. The Morgan fingerprint density at radius 3 is 2.18 bits per heavy atom. The number of hydrogen-bond donors (Lipinski definition) is 0. The minimum Gasteiger partial charge on any atom is -0.206 e. The van der Waals surface area contributed by atoms with Gasteiger partial charge in [-0.25, -0.2) is 4.39 Å². The Bertz CT molecular complexity index is 1410. The lowest BCUT2D eigenvalue weighted by molar-refractivity contribution is 0.632. The lowest BCUT2D eigenvalue weighted by Crippen LogP contribution is -1.90. The van der Waals surface area contributed by atoms with Gasteiger partial charge in [0.15, 0.2) is 0 Å². The van der Waals surface area contributed by atoms with Crippen LogP contribution in [0, 0.1) is 5.82 Å². The number of aromatic nitrogens is 2. The van der Waals surface area contributed by atoms with Crippen LogP contribution in [-0.2, 0) is 6.42 Å². The minimum atomic E-state index is -0.250. The molecule has 0 unspecified atom stereocenters. The molecule has 0 bridgehead atoms. The molecule has 2 aromatic heterocycles. The zero-order chi connectivity index (χ0) is 22.8. The van der Waals surface area contributed by atoms with Gasteiger partial charge in [0, 0.05) is 21.6 Å². The second-order valence-corrected chi connectivity index (χ2v) is 11.1. The number of unbranched alkanes of at least 4 members (excludes halogenated alkanes) is 2. The molecule has 0 saturated heterocycles. The van der Waals surface area contributed by atoms with Crippen LogP contribution in [0.2, 0.25) is 0 Å². The fourth-order valence-corrected chi connectivity index (χ4v) is 6.08. The van der Waals surface area contributed by atoms with Crippen molar-refractivity contribution < 1.29 is 4.39 Å². The molecule has 0 radical (unpaired) electrons. The van der Waals surface area contributed by atoms with Gasteiger partial charge in [-0.05, 0) is 63.7 Å². The van der Waals surface area contributed by atoms with Crippen molar-refractivity contribution in [2.75, 3.05) is 0 Å². The van der Waals surface area contributed by atoms with Crippen molar-refractivity contribution in [1.29, 1.82) is 0 Å². The van der Waals surface area contributed by atoms with E-state index >= 15 is 4.39 Å². The van der Waals surface area contributed by atoms with Crippen LogP contribution in [0.3, 0.4) is 0 Å². The summed E-state index contributed by atoms with van der Waals surface area (Å²) in [5.41, 5.74) is 7.14. The summed E-state index contributed by atoms with van der Waals surface area (Å²) < 4.78 is 25.4. The van der Waals surface area contributed by atoms with Gasteiger partial charge in [-0.1, -0.05) is 68.3 Å². The van der Waals surface area contributed by atoms with E-state index in [1.807, 2.05) is 30.3 Å². The average Bonchev–Trinajstić information content (AvgIpc) is 3.49. The van der Waals surface area contributed by atoms with Gasteiger partial charge in [0.05, 0.1) is 15.5 Å². The van der Waals surface area contributed by atoms with Gasteiger partial charge in [0.25, 0.3) is 0 Å². The van der Waals surface area contributed by atoms with E-state index in [-0.39, 0.29) is 5.82 Å². The highest BCUT2D eigenvalue weighted by atomic mass is 79.9. The second kappa shape index (κ2) is 9.84. The smallest absolute Gasteiger partial charge is 0.131 e. The van der Waals surface area contributed by atoms with E-state index in [4.69, 9.17) is 0 Å². The zero-order valence-corrected chi connectivity index (χ0v) is 21.4. The predicted molar refractivity (Wildman–Crippen MR) is 142 cm³/mol. The number of hydrogen-bond acceptors (Lipinski definition) is 4. The number of nitrogens with zero attached hydrogens (tertiary/aromatic N) is 2. The molecule has 5 rings (SSSR count). The predicted octanol–water partition coefficient (Wildman–Crippen LogP) is 9.39. The van der Waals surface area contributed by atoms with Crippen molar-refractivity contribution in [2.45, 2.75) is 32.6 Å². The van der Waals surface area contributed by atoms with Gasteiger partial charge >= 0.3 is 0 Å². The van der Waals surface area contributed by atoms with E-state index in [0.717, 1.165) is 60.1 Å². The Balaban J connectivity index is 1.46. The Morgan fingerprint density at radius 2 is 1.48 bits per heavy atom. The maximum atomic E-state index is 15.3. The summed E-state index contributed by atoms with van der Waals surface area (Å²) in [6.45, 7) is 2.22. The Hall–Kier alpha value is -2.41. The summed E-state index contributed by atoms with van der Waals surface area (Å²) in [5, 5.41) is 0. The van der Waals surface area contributed by atoms with Crippen molar-refractivity contribution in [3.8, 4) is 32.7 Å². The molecular weight excluding hydrogens is 515 g/mol. The first kappa shape index (κ1) is 22.4. The van der Waals surface area contributed by atoms with Gasteiger partial charge in [-0.15, -0.1) is 11.3 Å². The molecule has 3 aromatic carbocycles. The molecule has 0 aliphatic rings. The first-order valence-corrected chi connectivity index (χ1v) is 13.4. The summed E-state index contributed by atoms with van der Waals surface area (Å²) in [5.74, 6) is -0.250. The van der Waals surface area contributed by atoms with E-state index in [1.54, 1.807) is 17.4 Å². The number of halogens is 2. The molecule has 166 valence electrons. The Kier molecular flexibility index (Phi) is 6.67. The van der Waals surface area contributed by atoms with Gasteiger partial charge in [0.1, 0.15) is 16.9 Å². The fraction of sp³-hybridized carbons (Fsp3) is 0.185. The van der Waals surface area contributed by atoms with Crippen molar-refractivity contribution in [3.05, 3.63) is 81.9 Å². The highest BCUT2D eigenvalue weighted by Crippen LogP contribution is 2.39. The van der Waals surface area contributed by atoms with Gasteiger partial charge < -0.3 is 0 Å². The molecule has 5 aromatic rings. The summed E-state index contributed by atoms with van der Waals surface area (Å²) in [7, 11) is 0. The van der Waals surface area contributed by atoms with Crippen LogP contribution in [0.5, 0.6) is 0 Å². The first-order chi connectivity index (χ1) is 16.1. The quantitative estimate of drug-likeness (QED) is 0.193. The molecule has 0 aliphatic heterocycles. The van der Waals surface area contributed by atoms with E-state index < -0.39 is 0 Å². The summed E-state index contributed by atoms with van der Waals surface area (Å²) in [6.07, 6.45) is 4.78. The van der Waals surface area contributed by atoms with E-state index in [1.165, 1.54) is 24.8 Å². The summed E-state index contributed by atoms with van der Waals surface area (Å²) in [4.78, 5) is 1.11. The van der Waals surface area contributed by atoms with Crippen LogP contribution < -0.4 is 0 Å². The molecule has 0 atom stereocenters. The average molecular weight is 538 g/mol. The first-order valence-electron chi connectivity index (χ1n) is 11.0. The molecule has 0 aliphatic carbocycles. The number of aryl methyl sites for hydroxylation is 1. The van der Waals surface area contributed by atoms with Gasteiger partial charge in [-0.2, -0.15) is 8.75 Å². The molecule has 0 spiro atoms. The molecule has 2 heterocycles. The maximum absolute atomic E-state index is 15.3. The van der Waals surface area contributed by atoms with Crippen molar-refractivity contribution in [1.82, 2.24) is 8.75 Å². The molecule has 0 fully saturated rings. The third-order valence-electron chi connectivity index (χ3n) is 5.87. The molecule has 2 nitrogen and oxygen atoms in total. The van der Waals surface area contributed by atoms with Crippen molar-refractivity contribution in [3.63, 3.8) is 0 Å². The summed E-state index contributed by atoms with van der Waals surface area (Å²) >= 11 is 6.34. The molecule has 33 heavy (non-hydrogen) atoms. The molecular formula is C27H22BrFN2S2. The standard InChI is InChI=1S/C27H22BrFN2S2/c1-2-3-4-5-17-6-8-18(9-7-17)19-10-11-20(23(29)16-19)21-12-13-22(24-14-15-25(28)32-24)27-26(21)30-33-31-27/h6-16H,2-5H2,1H3. The van der Waals surface area contributed by atoms with Crippen molar-refractivity contribution >= 4 is 50.0 Å². The van der Waals surface area contributed by atoms with Crippen molar-refractivity contribution in [2.24, 2.45) is 0 Å². The second-order valence-electron chi connectivity index (χ2n) is 8.07. The highest BCUT2D eigenvalue weighted by Gasteiger charge is 2.17. The van der Waals surface area contributed by atoms with E-state index in [2.05, 4.69) is 61.9 Å². The largest absolute Gasteiger partial charge is 0.206 e. The number of fused-ring (bicyclic) bond motifs is 1. The molecule has 0 N–H and O–H groups in total. The highest BCUT2D eigenvalue weighted by molar-refractivity contribution is 9.11. The van der Waals surface area contributed by atoms with Crippen LogP contribution in [0.15, 0.2) is 70.5 Å². The van der Waals surface area contributed by atoms with Gasteiger partial charge in [0.2, 0.25) is 0 Å². The lowest BCUT2D eigenvalue weighted by Gasteiger charge is -2.09. The van der Waals surface area contributed by atoms with Crippen LogP contribution in [0.1, 0.15) is 31.7 Å². The molecule has 0 saturated carbocycles. The number of benzene rings is 3. The van der Waals surface area contributed by atoms with Gasteiger partial charge in [-0.3, -0.25) is 0 Å². The third kappa shape index (κ3) is 4.65. The Labute approximate surface area is 209 Å². The molecule has 0 amide bonds. The Morgan fingerprint density at radius 1 is 0.788 bits per heavy atom. The normalized spacial score (nSPS) is 11.4. The van der Waals surface area contributed by atoms with E-state index in [0.29, 0.717) is 5.56 Å². The summed E-state index contributed by atoms with van der Waals surface area (Å²) in [6, 6.07) is 22.0. The topological polar surface area (TPSA) is 25.8 Å². The van der Waals surface area contributed by atoms with Crippen LogP contribution in [-0.4, -0.2) is 8.75 Å². The van der Waals surface area contributed by atoms with Crippen LogP contribution in [0.4, 0.5) is 4.39 Å². The minimum absolute atomic E-state index is 0.250. The number of thiophene rings is 1. The zero-order valence-electron chi connectivity index (χ0n) is 18.1. The van der Waals surface area contributed by atoms with E-state index in [9.17, 15) is 0 Å². The monoisotopic (exact) mass is 536 g/mol. The fourth-order valence-electron chi connectivity index (χ4n) is 4.10. The molecule has 6 heteroatoms. The number of rotatable bonds is 7. The maximum Gasteiger partial charge on any atom is 0.131 e.